The number of ether oxygens (including phenoxy) is 3. The van der Waals surface area contributed by atoms with E-state index in [1.807, 2.05) is 6.92 Å². The van der Waals surface area contributed by atoms with Crippen LogP contribution in [0.15, 0.2) is 6.33 Å². The van der Waals surface area contributed by atoms with Crippen LogP contribution in [0.25, 0.3) is 11.2 Å². The smallest absolute Gasteiger partial charge is 0.327 e. The molecule has 1 aliphatic rings. The standard InChI is InChI=1S/C21H34N5O8PS/c1-7-31-18-15-17(23-13(5)24-18)26(11-22-15)20-21(6,29)16(27)14(34-20)10-33-35(30,36-9-3)25-12(4)19(28)32-8-2/h11-12,14,16,20,27,29H,7-10H2,1-6H3,(H,25,30)/t12-,14-,16-,20-,21-,35+/m1/s1. The maximum atomic E-state index is 13.4. The number of aromatic nitrogens is 4. The molecule has 3 N–H and O–H groups in total. The summed E-state index contributed by atoms with van der Waals surface area (Å²) < 4.78 is 37.0. The summed E-state index contributed by atoms with van der Waals surface area (Å²) in [4.78, 5) is 25.0. The molecular weight excluding hydrogens is 513 g/mol. The summed E-state index contributed by atoms with van der Waals surface area (Å²) in [6, 6.07) is -0.875. The average molecular weight is 548 g/mol. The van der Waals surface area contributed by atoms with E-state index in [9.17, 15) is 19.6 Å². The second kappa shape index (κ2) is 11.7. The predicted octanol–water partition coefficient (Wildman–Crippen LogP) is 1.96. The average Bonchev–Trinajstić information content (AvgIpc) is 3.31. The first kappa shape index (κ1) is 28.8. The predicted molar refractivity (Wildman–Crippen MR) is 133 cm³/mol. The van der Waals surface area contributed by atoms with Gasteiger partial charge >= 0.3 is 12.7 Å². The van der Waals surface area contributed by atoms with E-state index in [1.165, 1.54) is 24.7 Å². The Morgan fingerprint density at radius 3 is 2.72 bits per heavy atom. The third kappa shape index (κ3) is 6.01. The number of fused-ring (bicyclic) bond motifs is 1. The van der Waals surface area contributed by atoms with Crippen molar-refractivity contribution in [3.8, 4) is 5.88 Å². The molecule has 6 atom stereocenters. The summed E-state index contributed by atoms with van der Waals surface area (Å²) in [5.74, 6) is 0.617. The van der Waals surface area contributed by atoms with Gasteiger partial charge in [-0.3, -0.25) is 13.9 Å². The largest absolute Gasteiger partial charge is 0.476 e. The van der Waals surface area contributed by atoms with Gasteiger partial charge in [-0.25, -0.2) is 15.1 Å². The lowest BCUT2D eigenvalue weighted by atomic mass is 9.96. The van der Waals surface area contributed by atoms with E-state index in [-0.39, 0.29) is 13.2 Å². The van der Waals surface area contributed by atoms with Crippen molar-refractivity contribution in [2.75, 3.05) is 25.6 Å². The van der Waals surface area contributed by atoms with Crippen molar-refractivity contribution < 1.29 is 38.3 Å². The molecule has 13 nitrogen and oxygen atoms in total. The van der Waals surface area contributed by atoms with Gasteiger partial charge in [0.1, 0.15) is 29.7 Å². The molecule has 202 valence electrons. The van der Waals surface area contributed by atoms with Gasteiger partial charge in [-0.15, -0.1) is 0 Å². The molecule has 36 heavy (non-hydrogen) atoms. The minimum absolute atomic E-state index is 0.189. The summed E-state index contributed by atoms with van der Waals surface area (Å²) in [5.41, 5.74) is -1.01. The lowest BCUT2D eigenvalue weighted by molar-refractivity contribution is -0.144. The van der Waals surface area contributed by atoms with Crippen molar-refractivity contribution in [3.05, 3.63) is 12.2 Å². The first-order valence-electron chi connectivity index (χ1n) is 11.7. The van der Waals surface area contributed by atoms with Crippen LogP contribution in [-0.4, -0.2) is 85.1 Å². The number of imidazole rings is 1. The number of aliphatic hydroxyl groups is 2. The number of aliphatic hydroxyl groups excluding tert-OH is 1. The van der Waals surface area contributed by atoms with E-state index in [0.29, 0.717) is 35.2 Å². The van der Waals surface area contributed by atoms with Crippen molar-refractivity contribution in [2.24, 2.45) is 0 Å². The maximum Gasteiger partial charge on any atom is 0.327 e. The van der Waals surface area contributed by atoms with Crippen LogP contribution in [0.2, 0.25) is 0 Å². The normalized spacial score (nSPS) is 26.6. The monoisotopic (exact) mass is 547 g/mol. The van der Waals surface area contributed by atoms with E-state index >= 15 is 0 Å². The minimum atomic E-state index is -3.58. The number of hydrogen-bond donors (Lipinski definition) is 3. The number of nitrogens with zero attached hydrogens (tertiary/aromatic N) is 4. The van der Waals surface area contributed by atoms with Gasteiger partial charge in [0.05, 0.1) is 26.1 Å². The van der Waals surface area contributed by atoms with Crippen LogP contribution in [-0.2, 0) is 23.4 Å². The fourth-order valence-corrected chi connectivity index (χ4v) is 7.40. The van der Waals surface area contributed by atoms with Crippen LogP contribution in [0, 0.1) is 6.92 Å². The lowest BCUT2D eigenvalue weighted by Gasteiger charge is -2.27. The molecule has 0 bridgehead atoms. The van der Waals surface area contributed by atoms with Gasteiger partial charge in [-0.05, 0) is 34.6 Å². The van der Waals surface area contributed by atoms with E-state index in [0.717, 1.165) is 11.4 Å². The van der Waals surface area contributed by atoms with Crippen LogP contribution in [0.5, 0.6) is 5.88 Å². The molecule has 3 rings (SSSR count). The molecule has 0 amide bonds. The van der Waals surface area contributed by atoms with E-state index in [1.54, 1.807) is 20.8 Å². The molecule has 0 aliphatic carbocycles. The molecule has 15 heteroatoms. The van der Waals surface area contributed by atoms with Crippen molar-refractivity contribution in [3.63, 3.8) is 0 Å². The highest BCUT2D eigenvalue weighted by Crippen LogP contribution is 2.56. The molecule has 0 unspecified atom stereocenters. The zero-order valence-corrected chi connectivity index (χ0v) is 22.9. The molecule has 0 radical (unpaired) electrons. The van der Waals surface area contributed by atoms with Gasteiger partial charge < -0.3 is 28.9 Å². The Balaban J connectivity index is 1.81. The molecule has 1 aliphatic heterocycles. The lowest BCUT2D eigenvalue weighted by Crippen LogP contribution is -2.44. The van der Waals surface area contributed by atoms with Crippen LogP contribution in [0.1, 0.15) is 46.7 Å². The molecular formula is C21H34N5O8PS. The molecule has 1 saturated heterocycles. The number of nitrogens with one attached hydrogen (secondary N) is 1. The Labute approximate surface area is 213 Å². The fourth-order valence-electron chi connectivity index (χ4n) is 3.79. The zero-order valence-electron chi connectivity index (χ0n) is 21.2. The van der Waals surface area contributed by atoms with Gasteiger partial charge in [0.25, 0.3) is 0 Å². The van der Waals surface area contributed by atoms with E-state index < -0.39 is 42.8 Å². The maximum absolute atomic E-state index is 13.4. The SMILES string of the molecule is CCOC(=O)[C@@H](C)N[P@](=O)(OC[C@H]1O[C@@H](n2cnc3c(OCC)nc(C)nc32)[C@](C)(O)[C@@H]1O)SCC. The van der Waals surface area contributed by atoms with Gasteiger partial charge in [0.2, 0.25) is 5.88 Å². The Hall–Kier alpha value is -1.80. The van der Waals surface area contributed by atoms with Crippen molar-refractivity contribution in [2.45, 2.75) is 71.6 Å². The highest BCUT2D eigenvalue weighted by molar-refractivity contribution is 8.56. The molecule has 0 spiro atoms. The van der Waals surface area contributed by atoms with Gasteiger partial charge in [0, 0.05) is 5.75 Å². The van der Waals surface area contributed by atoms with E-state index in [4.69, 9.17) is 18.7 Å². The molecule has 0 aromatic carbocycles. The summed E-state index contributed by atoms with van der Waals surface area (Å²) in [5, 5.41) is 24.8. The number of carbonyl (C=O) groups excluding carboxylic acids is 1. The Kier molecular flexibility index (Phi) is 9.36. The van der Waals surface area contributed by atoms with Crippen LogP contribution in [0.4, 0.5) is 0 Å². The van der Waals surface area contributed by atoms with Gasteiger partial charge in [-0.2, -0.15) is 4.98 Å². The second-order valence-corrected chi connectivity index (χ2v) is 12.9. The molecule has 2 aromatic heterocycles. The topological polar surface area (TPSA) is 167 Å². The highest BCUT2D eigenvalue weighted by atomic mass is 32.7. The van der Waals surface area contributed by atoms with Crippen molar-refractivity contribution in [1.82, 2.24) is 24.6 Å². The summed E-state index contributed by atoms with van der Waals surface area (Å²) >= 11 is 1.00. The fraction of sp³-hybridized carbons (Fsp3) is 0.714. The molecule has 3 heterocycles. The van der Waals surface area contributed by atoms with Crippen LogP contribution >= 0.6 is 18.1 Å². The molecule has 1 fully saturated rings. The number of hydrogen-bond acceptors (Lipinski definition) is 12. The number of carbonyl (C=O) groups is 1. The van der Waals surface area contributed by atoms with Crippen LogP contribution < -0.4 is 9.82 Å². The number of aryl methyl sites for hydroxylation is 1. The van der Waals surface area contributed by atoms with Crippen LogP contribution in [0.3, 0.4) is 0 Å². The quantitative estimate of drug-likeness (QED) is 0.261. The summed E-state index contributed by atoms with van der Waals surface area (Å²) in [6.45, 7) is 6.62. The second-order valence-electron chi connectivity index (χ2n) is 8.34. The van der Waals surface area contributed by atoms with Crippen molar-refractivity contribution >= 4 is 35.2 Å². The third-order valence-electron chi connectivity index (χ3n) is 5.49. The molecule has 2 aromatic rings. The zero-order chi connectivity index (χ0) is 26.7. The van der Waals surface area contributed by atoms with Gasteiger partial charge in [-0.1, -0.05) is 18.3 Å². The van der Waals surface area contributed by atoms with Crippen molar-refractivity contribution in [1.29, 1.82) is 0 Å². The molecule has 0 saturated carbocycles. The minimum Gasteiger partial charge on any atom is -0.476 e. The number of esters is 1. The Bertz CT molecular complexity index is 1120. The first-order valence-corrected chi connectivity index (χ1v) is 14.9. The van der Waals surface area contributed by atoms with E-state index in [2.05, 4.69) is 20.0 Å². The summed E-state index contributed by atoms with van der Waals surface area (Å²) in [6.07, 6.45) is -2.09. The number of rotatable bonds is 12. The third-order valence-corrected chi connectivity index (χ3v) is 9.71. The van der Waals surface area contributed by atoms with Gasteiger partial charge in [0.15, 0.2) is 17.4 Å². The summed E-state index contributed by atoms with van der Waals surface area (Å²) in [7, 11) is 0. The highest BCUT2D eigenvalue weighted by Gasteiger charge is 2.54. The Morgan fingerprint density at radius 1 is 1.36 bits per heavy atom. The first-order chi connectivity index (χ1) is 17.0. The Morgan fingerprint density at radius 2 is 2.08 bits per heavy atom.